The lowest BCUT2D eigenvalue weighted by atomic mass is 9.74. The number of benzene rings is 1. The van der Waals surface area contributed by atoms with Gasteiger partial charge < -0.3 is 10.1 Å². The van der Waals surface area contributed by atoms with Crippen LogP contribution in [-0.4, -0.2) is 23.2 Å². The van der Waals surface area contributed by atoms with E-state index in [-0.39, 0.29) is 16.2 Å². The Morgan fingerprint density at radius 3 is 3.00 bits per heavy atom. The van der Waals surface area contributed by atoms with Crippen molar-refractivity contribution in [2.24, 2.45) is 0 Å². The molecule has 1 aromatic carbocycles. The second kappa shape index (κ2) is 5.50. The molecule has 1 aromatic rings. The Labute approximate surface area is 118 Å². The van der Waals surface area contributed by atoms with Crippen LogP contribution in [0.15, 0.2) is 24.3 Å². The minimum atomic E-state index is -0.346. The molecular weight excluding hydrogens is 256 g/mol. The largest absolute Gasteiger partial charge is 0.375 e. The lowest BCUT2D eigenvalue weighted by Gasteiger charge is -2.47. The number of nitrogens with zero attached hydrogens (tertiary/aromatic N) is 1. The Kier molecular flexibility index (Phi) is 3.72. The van der Waals surface area contributed by atoms with E-state index in [9.17, 15) is 10.1 Å². The van der Waals surface area contributed by atoms with Crippen LogP contribution in [0.4, 0.5) is 5.69 Å². The van der Waals surface area contributed by atoms with Crippen molar-refractivity contribution in [3.63, 3.8) is 0 Å². The van der Waals surface area contributed by atoms with Crippen LogP contribution in [0.2, 0.25) is 0 Å². The summed E-state index contributed by atoms with van der Waals surface area (Å²) in [4.78, 5) is 10.4. The lowest BCUT2D eigenvalue weighted by molar-refractivity contribution is -0.384. The summed E-state index contributed by atoms with van der Waals surface area (Å²) in [5, 5.41) is 14.3. The quantitative estimate of drug-likeness (QED) is 0.678. The zero-order valence-electron chi connectivity index (χ0n) is 11.5. The third kappa shape index (κ3) is 2.83. The van der Waals surface area contributed by atoms with Crippen molar-refractivity contribution in [1.82, 2.24) is 5.32 Å². The predicted molar refractivity (Wildman–Crippen MR) is 75.5 cm³/mol. The summed E-state index contributed by atoms with van der Waals surface area (Å²) in [5.41, 5.74) is 1.26. The zero-order chi connectivity index (χ0) is 14.0. The Hall–Kier alpha value is -1.46. The molecule has 2 aliphatic rings. The van der Waals surface area contributed by atoms with Gasteiger partial charge in [-0.3, -0.25) is 10.1 Å². The fourth-order valence-electron chi connectivity index (χ4n) is 3.16. The van der Waals surface area contributed by atoms with Crippen molar-refractivity contribution in [3.05, 3.63) is 39.9 Å². The molecule has 0 aromatic heterocycles. The van der Waals surface area contributed by atoms with E-state index >= 15 is 0 Å². The number of hydrogen-bond donors (Lipinski definition) is 1. The molecule has 1 heterocycles. The third-order valence-electron chi connectivity index (χ3n) is 4.47. The average molecular weight is 276 g/mol. The van der Waals surface area contributed by atoms with Gasteiger partial charge in [0.05, 0.1) is 10.5 Å². The first-order valence-corrected chi connectivity index (χ1v) is 7.28. The molecule has 0 radical (unpaired) electrons. The summed E-state index contributed by atoms with van der Waals surface area (Å²) >= 11 is 0. The minimum Gasteiger partial charge on any atom is -0.375 e. The van der Waals surface area contributed by atoms with Gasteiger partial charge >= 0.3 is 0 Å². The highest BCUT2D eigenvalue weighted by molar-refractivity contribution is 5.34. The molecule has 1 aliphatic heterocycles. The number of hydrogen-bond acceptors (Lipinski definition) is 4. The zero-order valence-corrected chi connectivity index (χ0v) is 11.5. The molecule has 5 heteroatoms. The van der Waals surface area contributed by atoms with Crippen molar-refractivity contribution in [2.75, 3.05) is 6.61 Å². The Morgan fingerprint density at radius 2 is 2.30 bits per heavy atom. The molecule has 1 aliphatic carbocycles. The van der Waals surface area contributed by atoms with Gasteiger partial charge in [0.1, 0.15) is 0 Å². The molecule has 1 saturated heterocycles. The van der Waals surface area contributed by atoms with Gasteiger partial charge in [-0.15, -0.1) is 0 Å². The van der Waals surface area contributed by atoms with Crippen LogP contribution in [0.25, 0.3) is 0 Å². The summed E-state index contributed by atoms with van der Waals surface area (Å²) in [5.74, 6) is 0. The molecule has 1 saturated carbocycles. The van der Waals surface area contributed by atoms with E-state index in [1.807, 2.05) is 6.07 Å². The standard InChI is InChI=1S/C15H20N2O3/c18-17(19)14-4-1-3-12(9-14)11-16-13-5-8-20-15(10-13)6-2-7-15/h1,3-4,9,13,16H,2,5-8,10-11H2. The fraction of sp³-hybridized carbons (Fsp3) is 0.600. The Bertz CT molecular complexity index is 500. The van der Waals surface area contributed by atoms with Gasteiger partial charge in [-0.2, -0.15) is 0 Å². The molecule has 1 N–H and O–H groups in total. The molecule has 1 spiro atoms. The highest BCUT2D eigenvalue weighted by atomic mass is 16.6. The van der Waals surface area contributed by atoms with Gasteiger partial charge in [-0.05, 0) is 37.7 Å². The first-order chi connectivity index (χ1) is 9.67. The first-order valence-electron chi connectivity index (χ1n) is 7.28. The van der Waals surface area contributed by atoms with Crippen LogP contribution in [0.3, 0.4) is 0 Å². The number of non-ortho nitro benzene ring substituents is 1. The van der Waals surface area contributed by atoms with E-state index < -0.39 is 0 Å². The Balaban J connectivity index is 1.56. The smallest absolute Gasteiger partial charge is 0.269 e. The summed E-state index contributed by atoms with van der Waals surface area (Å²) in [6.07, 6.45) is 5.74. The minimum absolute atomic E-state index is 0.138. The number of rotatable bonds is 4. The molecule has 1 unspecified atom stereocenters. The molecule has 0 amide bonds. The van der Waals surface area contributed by atoms with E-state index in [0.29, 0.717) is 12.6 Å². The SMILES string of the molecule is O=[N+]([O-])c1cccc(CNC2CCOC3(CCC3)C2)c1. The van der Waals surface area contributed by atoms with Crippen LogP contribution in [-0.2, 0) is 11.3 Å². The maximum atomic E-state index is 10.8. The maximum absolute atomic E-state index is 10.8. The van der Waals surface area contributed by atoms with Gasteiger partial charge in [0.25, 0.3) is 5.69 Å². The number of nitro benzene ring substituents is 1. The maximum Gasteiger partial charge on any atom is 0.269 e. The third-order valence-corrected chi connectivity index (χ3v) is 4.47. The van der Waals surface area contributed by atoms with Crippen LogP contribution in [0.1, 0.15) is 37.7 Å². The second-order valence-electron chi connectivity index (χ2n) is 5.88. The van der Waals surface area contributed by atoms with E-state index in [2.05, 4.69) is 5.32 Å². The van der Waals surface area contributed by atoms with Gasteiger partial charge in [-0.1, -0.05) is 12.1 Å². The number of ether oxygens (including phenoxy) is 1. The second-order valence-corrected chi connectivity index (χ2v) is 5.88. The van der Waals surface area contributed by atoms with Crippen molar-refractivity contribution >= 4 is 5.69 Å². The fourth-order valence-corrected chi connectivity index (χ4v) is 3.16. The highest BCUT2D eigenvalue weighted by Crippen LogP contribution is 2.42. The van der Waals surface area contributed by atoms with Gasteiger partial charge in [0.2, 0.25) is 0 Å². The summed E-state index contributed by atoms with van der Waals surface area (Å²) in [6.45, 7) is 1.51. The number of nitrogens with one attached hydrogen (secondary N) is 1. The predicted octanol–water partition coefficient (Wildman–Crippen LogP) is 2.79. The van der Waals surface area contributed by atoms with Crippen molar-refractivity contribution in [2.45, 2.75) is 50.3 Å². The molecule has 3 rings (SSSR count). The molecule has 1 atom stereocenters. The highest BCUT2D eigenvalue weighted by Gasteiger charge is 2.42. The molecule has 5 nitrogen and oxygen atoms in total. The topological polar surface area (TPSA) is 64.4 Å². The van der Waals surface area contributed by atoms with Crippen LogP contribution in [0.5, 0.6) is 0 Å². The van der Waals surface area contributed by atoms with Gasteiger partial charge in [-0.25, -0.2) is 0 Å². The lowest BCUT2D eigenvalue weighted by Crippen LogP contribution is -2.50. The van der Waals surface area contributed by atoms with Crippen molar-refractivity contribution in [1.29, 1.82) is 0 Å². The summed E-state index contributed by atoms with van der Waals surface area (Å²) < 4.78 is 5.90. The van der Waals surface area contributed by atoms with E-state index in [4.69, 9.17) is 4.74 Å². The first kappa shape index (κ1) is 13.5. The Morgan fingerprint density at radius 1 is 1.45 bits per heavy atom. The molecule has 2 fully saturated rings. The summed E-state index contributed by atoms with van der Waals surface area (Å²) in [7, 11) is 0. The molecule has 108 valence electrons. The number of nitro groups is 1. The van der Waals surface area contributed by atoms with Crippen molar-refractivity contribution in [3.8, 4) is 0 Å². The van der Waals surface area contributed by atoms with Crippen LogP contribution in [0, 0.1) is 10.1 Å². The van der Waals surface area contributed by atoms with E-state index in [1.54, 1.807) is 12.1 Å². The monoisotopic (exact) mass is 276 g/mol. The van der Waals surface area contributed by atoms with E-state index in [0.717, 1.165) is 25.0 Å². The van der Waals surface area contributed by atoms with E-state index in [1.165, 1.54) is 25.3 Å². The van der Waals surface area contributed by atoms with Gasteiger partial charge in [0.15, 0.2) is 0 Å². The molecule has 0 bridgehead atoms. The molecule has 20 heavy (non-hydrogen) atoms. The van der Waals surface area contributed by atoms with Crippen LogP contribution < -0.4 is 5.32 Å². The normalized spacial score (nSPS) is 24.3. The average Bonchev–Trinajstić information content (AvgIpc) is 2.44. The van der Waals surface area contributed by atoms with Crippen molar-refractivity contribution < 1.29 is 9.66 Å². The summed E-state index contributed by atoms with van der Waals surface area (Å²) in [6, 6.07) is 7.31. The van der Waals surface area contributed by atoms with Gasteiger partial charge in [0, 0.05) is 31.3 Å². The molecular formula is C15H20N2O3. The van der Waals surface area contributed by atoms with Crippen LogP contribution >= 0.6 is 0 Å².